The van der Waals surface area contributed by atoms with Crippen molar-refractivity contribution in [2.45, 2.75) is 25.7 Å². The fraction of sp³-hybridized carbons (Fsp3) is 0.333. The molecule has 1 aliphatic rings. The van der Waals surface area contributed by atoms with E-state index in [0.29, 0.717) is 30.5 Å². The number of amides is 2. The van der Waals surface area contributed by atoms with Crippen molar-refractivity contribution < 1.29 is 18.5 Å². The number of aromatic nitrogens is 1. The van der Waals surface area contributed by atoms with Gasteiger partial charge in [0.05, 0.1) is 11.1 Å². The smallest absolute Gasteiger partial charge is 0.375 e. The number of fused-ring (bicyclic) bond motifs is 1. The van der Waals surface area contributed by atoms with E-state index in [0.717, 1.165) is 12.8 Å². The predicted octanol–water partition coefficient (Wildman–Crippen LogP) is 1.64. The summed E-state index contributed by atoms with van der Waals surface area (Å²) in [5, 5.41) is 3.47. The second-order valence-corrected chi connectivity index (χ2v) is 5.05. The van der Waals surface area contributed by atoms with Crippen LogP contribution in [0.4, 0.5) is 0 Å². The summed E-state index contributed by atoms with van der Waals surface area (Å²) >= 11 is 0. The summed E-state index contributed by atoms with van der Waals surface area (Å²) in [7, 11) is 0. The minimum absolute atomic E-state index is 0.233. The monoisotopic (exact) mass is 302 g/mol. The second-order valence-electron chi connectivity index (χ2n) is 5.05. The summed E-state index contributed by atoms with van der Waals surface area (Å²) in [6.45, 7) is 0.384. The quantitative estimate of drug-likeness (QED) is 0.594. The van der Waals surface area contributed by atoms with E-state index in [1.807, 2.05) is 0 Å². The molecule has 0 bridgehead atoms. The molecule has 2 amide bonds. The molecule has 7 nitrogen and oxygen atoms in total. The van der Waals surface area contributed by atoms with E-state index in [2.05, 4.69) is 14.1 Å². The number of aryl methyl sites for hydroxylation is 1. The molecule has 1 aromatic carbocycles. The molecule has 0 radical (unpaired) electrons. The number of unbranched alkanes of at least 4 members (excludes halogenated alkanes) is 2. The van der Waals surface area contributed by atoms with Gasteiger partial charge < -0.3 is 4.42 Å². The fourth-order valence-corrected chi connectivity index (χ4v) is 2.48. The average Bonchev–Trinajstić information content (AvgIpc) is 3.04. The number of rotatable bonds is 6. The molecule has 0 saturated carbocycles. The standard InChI is InChI=1S/C15H14N2O5/c18-13-10-6-3-4-7-11(10)14(19)17(13)9-5-1-2-8-12-16-22-15(20)21-12/h3-4,6-7H,1-2,5,8-9H2. The van der Waals surface area contributed by atoms with Crippen molar-refractivity contribution in [2.75, 3.05) is 6.54 Å². The van der Waals surface area contributed by atoms with Crippen molar-refractivity contribution in [3.05, 3.63) is 51.9 Å². The highest BCUT2D eigenvalue weighted by Crippen LogP contribution is 2.22. The molecule has 7 heteroatoms. The van der Waals surface area contributed by atoms with Crippen LogP contribution in [-0.4, -0.2) is 28.4 Å². The van der Waals surface area contributed by atoms with Crippen LogP contribution in [0.1, 0.15) is 45.9 Å². The van der Waals surface area contributed by atoms with Gasteiger partial charge in [-0.3, -0.25) is 19.0 Å². The summed E-state index contributed by atoms with van der Waals surface area (Å²) in [6.07, 6.45) is 2.70. The van der Waals surface area contributed by atoms with Crippen LogP contribution in [-0.2, 0) is 6.42 Å². The molecule has 0 spiro atoms. The Morgan fingerprint density at radius 2 is 1.64 bits per heavy atom. The Labute approximate surface area is 125 Å². The summed E-state index contributed by atoms with van der Waals surface area (Å²) in [4.78, 5) is 36.2. The molecule has 1 aliphatic heterocycles. The van der Waals surface area contributed by atoms with Gasteiger partial charge in [0.1, 0.15) is 0 Å². The third-order valence-electron chi connectivity index (χ3n) is 3.57. The lowest BCUT2D eigenvalue weighted by molar-refractivity contribution is 0.0651. The molecule has 1 aromatic heterocycles. The molecule has 114 valence electrons. The molecular weight excluding hydrogens is 288 g/mol. The third kappa shape index (κ3) is 2.69. The van der Waals surface area contributed by atoms with E-state index in [4.69, 9.17) is 0 Å². The average molecular weight is 302 g/mol. The molecule has 2 aromatic rings. The van der Waals surface area contributed by atoms with Crippen LogP contribution >= 0.6 is 0 Å². The highest BCUT2D eigenvalue weighted by Gasteiger charge is 2.34. The van der Waals surface area contributed by atoms with Crippen molar-refractivity contribution >= 4 is 11.8 Å². The maximum absolute atomic E-state index is 12.1. The van der Waals surface area contributed by atoms with Crippen molar-refractivity contribution in [2.24, 2.45) is 0 Å². The van der Waals surface area contributed by atoms with Gasteiger partial charge in [0.25, 0.3) is 11.8 Å². The first-order valence-electron chi connectivity index (χ1n) is 7.08. The van der Waals surface area contributed by atoms with Crippen LogP contribution in [0.15, 0.2) is 38.0 Å². The van der Waals surface area contributed by atoms with E-state index in [1.54, 1.807) is 24.3 Å². The number of imide groups is 1. The van der Waals surface area contributed by atoms with Crippen molar-refractivity contribution in [3.8, 4) is 0 Å². The lowest BCUT2D eigenvalue weighted by Gasteiger charge is -2.13. The summed E-state index contributed by atoms with van der Waals surface area (Å²) in [6, 6.07) is 6.84. The van der Waals surface area contributed by atoms with Gasteiger partial charge >= 0.3 is 5.82 Å². The molecule has 0 fully saturated rings. The largest absolute Gasteiger partial charge is 0.542 e. The molecule has 3 rings (SSSR count). The molecule has 0 aliphatic carbocycles. The number of nitrogens with zero attached hydrogens (tertiary/aromatic N) is 2. The van der Waals surface area contributed by atoms with E-state index in [-0.39, 0.29) is 17.7 Å². The first kappa shape index (κ1) is 14.2. The van der Waals surface area contributed by atoms with Gasteiger partial charge in [-0.05, 0) is 30.1 Å². The number of benzene rings is 1. The summed E-state index contributed by atoms with van der Waals surface area (Å²) in [5.41, 5.74) is 0.939. The molecule has 22 heavy (non-hydrogen) atoms. The van der Waals surface area contributed by atoms with E-state index in [9.17, 15) is 14.4 Å². The second kappa shape index (κ2) is 5.97. The topological polar surface area (TPSA) is 93.6 Å². The van der Waals surface area contributed by atoms with E-state index < -0.39 is 5.82 Å². The van der Waals surface area contributed by atoms with Crippen LogP contribution in [0.5, 0.6) is 0 Å². The van der Waals surface area contributed by atoms with Crippen LogP contribution in [0.3, 0.4) is 0 Å². The Hall–Kier alpha value is -2.70. The lowest BCUT2D eigenvalue weighted by atomic mass is 10.1. The molecule has 0 unspecified atom stereocenters. The van der Waals surface area contributed by atoms with Crippen LogP contribution in [0.25, 0.3) is 0 Å². The van der Waals surface area contributed by atoms with Gasteiger partial charge in [-0.1, -0.05) is 18.6 Å². The zero-order valence-electron chi connectivity index (χ0n) is 11.8. The van der Waals surface area contributed by atoms with Crippen molar-refractivity contribution in [3.63, 3.8) is 0 Å². The molecule has 2 heterocycles. The minimum atomic E-state index is -0.805. The number of carbonyl (C=O) groups excluding carboxylic acids is 2. The normalized spacial score (nSPS) is 13.7. The zero-order valence-corrected chi connectivity index (χ0v) is 11.8. The lowest BCUT2D eigenvalue weighted by Crippen LogP contribution is -2.30. The number of hydrogen-bond acceptors (Lipinski definition) is 6. The number of carbonyl (C=O) groups is 2. The zero-order chi connectivity index (χ0) is 15.5. The number of hydrogen-bond donors (Lipinski definition) is 0. The summed E-state index contributed by atoms with van der Waals surface area (Å²) in [5.74, 6) is -1.00. The van der Waals surface area contributed by atoms with Crippen LogP contribution in [0.2, 0.25) is 0 Å². The predicted molar refractivity (Wildman–Crippen MR) is 74.4 cm³/mol. The van der Waals surface area contributed by atoms with Gasteiger partial charge in [0.15, 0.2) is 0 Å². The molecule has 0 atom stereocenters. The van der Waals surface area contributed by atoms with Gasteiger partial charge in [0, 0.05) is 13.0 Å². The first-order valence-corrected chi connectivity index (χ1v) is 7.08. The Bertz CT molecular complexity index is 726. The minimum Gasteiger partial charge on any atom is -0.375 e. The summed E-state index contributed by atoms with van der Waals surface area (Å²) < 4.78 is 8.98. The SMILES string of the molecule is O=C1c2ccccc2C(=O)N1CCCCCc1noc(=O)o1. The highest BCUT2D eigenvalue weighted by molar-refractivity contribution is 6.21. The van der Waals surface area contributed by atoms with Crippen molar-refractivity contribution in [1.82, 2.24) is 10.1 Å². The van der Waals surface area contributed by atoms with Crippen LogP contribution in [0, 0.1) is 0 Å². The van der Waals surface area contributed by atoms with E-state index in [1.165, 1.54) is 4.90 Å². The van der Waals surface area contributed by atoms with Crippen LogP contribution < -0.4 is 5.82 Å². The Morgan fingerprint density at radius 3 is 2.23 bits per heavy atom. The Kier molecular flexibility index (Phi) is 3.86. The van der Waals surface area contributed by atoms with Gasteiger partial charge in [-0.2, -0.15) is 0 Å². The Balaban J connectivity index is 1.48. The van der Waals surface area contributed by atoms with Crippen molar-refractivity contribution in [1.29, 1.82) is 0 Å². The highest BCUT2D eigenvalue weighted by atomic mass is 16.6. The Morgan fingerprint density at radius 1 is 0.955 bits per heavy atom. The van der Waals surface area contributed by atoms with Gasteiger partial charge in [-0.15, -0.1) is 0 Å². The van der Waals surface area contributed by atoms with E-state index >= 15 is 0 Å². The molecule has 0 saturated heterocycles. The molecule has 0 N–H and O–H groups in total. The maximum atomic E-state index is 12.1. The van der Waals surface area contributed by atoms with Gasteiger partial charge in [0.2, 0.25) is 5.89 Å². The fourth-order valence-electron chi connectivity index (χ4n) is 2.48. The maximum Gasteiger partial charge on any atom is 0.542 e. The van der Waals surface area contributed by atoms with Gasteiger partial charge in [-0.25, -0.2) is 4.79 Å². The third-order valence-corrected chi connectivity index (χ3v) is 3.57. The first-order chi connectivity index (χ1) is 10.7. The molecular formula is C15H14N2O5.